The van der Waals surface area contributed by atoms with Crippen LogP contribution < -0.4 is 10.0 Å². The van der Waals surface area contributed by atoms with Gasteiger partial charge in [-0.05, 0) is 44.2 Å². The molecular formula is C12H24N2O2S. The van der Waals surface area contributed by atoms with Gasteiger partial charge in [0.15, 0.2) is 0 Å². The summed E-state index contributed by atoms with van der Waals surface area (Å²) in [6.07, 6.45) is 5.48. The lowest BCUT2D eigenvalue weighted by Crippen LogP contribution is -2.49. The van der Waals surface area contributed by atoms with E-state index in [1.54, 1.807) is 0 Å². The maximum absolute atomic E-state index is 12.1. The van der Waals surface area contributed by atoms with E-state index in [0.717, 1.165) is 32.4 Å². The van der Waals surface area contributed by atoms with E-state index in [9.17, 15) is 8.42 Å². The van der Waals surface area contributed by atoms with Crippen molar-refractivity contribution in [2.75, 3.05) is 18.8 Å². The zero-order valence-electron chi connectivity index (χ0n) is 10.6. The zero-order chi connectivity index (χ0) is 12.3. The molecule has 0 aromatic rings. The third-order valence-electron chi connectivity index (χ3n) is 4.05. The van der Waals surface area contributed by atoms with Gasteiger partial charge >= 0.3 is 0 Å². The van der Waals surface area contributed by atoms with Crippen molar-refractivity contribution in [1.82, 2.24) is 10.0 Å². The van der Waals surface area contributed by atoms with Crippen LogP contribution in [0.15, 0.2) is 0 Å². The molecule has 17 heavy (non-hydrogen) atoms. The van der Waals surface area contributed by atoms with E-state index < -0.39 is 10.0 Å². The van der Waals surface area contributed by atoms with E-state index in [1.807, 2.05) is 0 Å². The molecule has 2 N–H and O–H groups in total. The highest BCUT2D eigenvalue weighted by molar-refractivity contribution is 7.89. The Morgan fingerprint density at radius 3 is 2.59 bits per heavy atom. The molecule has 1 saturated heterocycles. The van der Waals surface area contributed by atoms with Crippen LogP contribution in [0.5, 0.6) is 0 Å². The summed E-state index contributed by atoms with van der Waals surface area (Å²) in [6.45, 7) is 3.94. The average Bonchev–Trinajstić information content (AvgIpc) is 2.73. The first-order valence-electron chi connectivity index (χ1n) is 6.77. The molecule has 0 radical (unpaired) electrons. The summed E-state index contributed by atoms with van der Waals surface area (Å²) in [6, 6.07) is 0.127. The van der Waals surface area contributed by atoms with Crippen LogP contribution in [-0.2, 0) is 10.0 Å². The van der Waals surface area contributed by atoms with E-state index in [0.29, 0.717) is 17.6 Å². The first-order chi connectivity index (χ1) is 8.07. The first-order valence-corrected chi connectivity index (χ1v) is 8.43. The van der Waals surface area contributed by atoms with Crippen LogP contribution in [0, 0.1) is 11.8 Å². The second-order valence-corrected chi connectivity index (χ2v) is 7.42. The summed E-state index contributed by atoms with van der Waals surface area (Å²) < 4.78 is 27.0. The first kappa shape index (κ1) is 13.3. The Balaban J connectivity index is 1.87. The Hall–Kier alpha value is -0.130. The molecule has 1 aliphatic heterocycles. The van der Waals surface area contributed by atoms with Crippen molar-refractivity contribution in [3.05, 3.63) is 0 Å². The van der Waals surface area contributed by atoms with Gasteiger partial charge in [-0.3, -0.25) is 0 Å². The molecule has 0 bridgehead atoms. The van der Waals surface area contributed by atoms with Crippen molar-refractivity contribution in [3.63, 3.8) is 0 Å². The lowest BCUT2D eigenvalue weighted by molar-refractivity contribution is 0.327. The van der Waals surface area contributed by atoms with Crippen molar-refractivity contribution < 1.29 is 8.42 Å². The van der Waals surface area contributed by atoms with Crippen molar-refractivity contribution >= 4 is 10.0 Å². The summed E-state index contributed by atoms with van der Waals surface area (Å²) in [4.78, 5) is 0. The number of sulfonamides is 1. The normalized spacial score (nSPS) is 31.8. The molecule has 100 valence electrons. The highest BCUT2D eigenvalue weighted by Gasteiger charge is 2.28. The van der Waals surface area contributed by atoms with Crippen LogP contribution in [-0.4, -0.2) is 33.3 Å². The van der Waals surface area contributed by atoms with Gasteiger partial charge in [-0.25, -0.2) is 13.1 Å². The summed E-state index contributed by atoms with van der Waals surface area (Å²) in [7, 11) is -3.08. The number of hydrogen-bond donors (Lipinski definition) is 2. The minimum absolute atomic E-state index is 0.127. The molecule has 0 aromatic carbocycles. The topological polar surface area (TPSA) is 58.2 Å². The number of hydrogen-bond acceptors (Lipinski definition) is 3. The van der Waals surface area contributed by atoms with Crippen molar-refractivity contribution in [2.24, 2.45) is 11.8 Å². The number of nitrogens with one attached hydrogen (secondary N) is 2. The smallest absolute Gasteiger partial charge is 0.212 e. The fourth-order valence-electron chi connectivity index (χ4n) is 2.96. The number of piperidine rings is 1. The Labute approximate surface area is 105 Å². The Morgan fingerprint density at radius 2 is 1.94 bits per heavy atom. The summed E-state index contributed by atoms with van der Waals surface area (Å²) in [5.41, 5.74) is 0. The molecule has 0 spiro atoms. The molecule has 4 nitrogen and oxygen atoms in total. The van der Waals surface area contributed by atoms with Gasteiger partial charge in [0.25, 0.3) is 0 Å². The molecule has 0 aromatic heterocycles. The van der Waals surface area contributed by atoms with E-state index >= 15 is 0 Å². The zero-order valence-corrected chi connectivity index (χ0v) is 11.4. The Bertz CT molecular complexity index is 336. The van der Waals surface area contributed by atoms with Crippen LogP contribution in [0.3, 0.4) is 0 Å². The van der Waals surface area contributed by atoms with Gasteiger partial charge in [0.1, 0.15) is 0 Å². The Morgan fingerprint density at radius 1 is 1.24 bits per heavy atom. The molecule has 0 amide bonds. The SMILES string of the molecule is CC1CNCCC1NS(=O)(=O)CC1CCCC1. The van der Waals surface area contributed by atoms with Crippen LogP contribution in [0.25, 0.3) is 0 Å². The lowest BCUT2D eigenvalue weighted by atomic mass is 9.97. The maximum atomic E-state index is 12.1. The molecule has 2 aliphatic rings. The summed E-state index contributed by atoms with van der Waals surface area (Å²) >= 11 is 0. The highest BCUT2D eigenvalue weighted by atomic mass is 32.2. The molecule has 2 unspecified atom stereocenters. The van der Waals surface area contributed by atoms with Crippen LogP contribution in [0.4, 0.5) is 0 Å². The van der Waals surface area contributed by atoms with Gasteiger partial charge in [0.2, 0.25) is 10.0 Å². The Kier molecular flexibility index (Phi) is 4.44. The average molecular weight is 260 g/mol. The molecular weight excluding hydrogens is 236 g/mol. The van der Waals surface area contributed by atoms with Gasteiger partial charge in [0, 0.05) is 6.04 Å². The van der Waals surface area contributed by atoms with Crippen molar-refractivity contribution in [3.8, 4) is 0 Å². The van der Waals surface area contributed by atoms with Crippen molar-refractivity contribution in [1.29, 1.82) is 0 Å². The molecule has 1 heterocycles. The van der Waals surface area contributed by atoms with Gasteiger partial charge in [-0.15, -0.1) is 0 Å². The van der Waals surface area contributed by atoms with Gasteiger partial charge in [-0.2, -0.15) is 0 Å². The molecule has 2 fully saturated rings. The molecule has 1 saturated carbocycles. The number of rotatable bonds is 4. The minimum Gasteiger partial charge on any atom is -0.316 e. The fourth-order valence-corrected chi connectivity index (χ4v) is 4.82. The van der Waals surface area contributed by atoms with E-state index in [4.69, 9.17) is 0 Å². The van der Waals surface area contributed by atoms with Crippen LogP contribution in [0.1, 0.15) is 39.0 Å². The quantitative estimate of drug-likeness (QED) is 0.795. The maximum Gasteiger partial charge on any atom is 0.212 e. The van der Waals surface area contributed by atoms with E-state index in [1.165, 1.54) is 12.8 Å². The molecule has 5 heteroatoms. The summed E-state index contributed by atoms with van der Waals surface area (Å²) in [5.74, 6) is 1.12. The minimum atomic E-state index is -3.08. The van der Waals surface area contributed by atoms with Gasteiger partial charge < -0.3 is 5.32 Å². The predicted octanol–water partition coefficient (Wildman–Crippen LogP) is 1.09. The monoisotopic (exact) mass is 260 g/mol. The summed E-state index contributed by atoms with van der Waals surface area (Å²) in [5, 5.41) is 3.29. The van der Waals surface area contributed by atoms with E-state index in [2.05, 4.69) is 17.0 Å². The second kappa shape index (κ2) is 5.67. The molecule has 1 aliphatic carbocycles. The lowest BCUT2D eigenvalue weighted by Gasteiger charge is -2.30. The second-order valence-electron chi connectivity index (χ2n) is 5.63. The van der Waals surface area contributed by atoms with Gasteiger partial charge in [0.05, 0.1) is 5.75 Å². The predicted molar refractivity (Wildman–Crippen MR) is 69.3 cm³/mol. The largest absolute Gasteiger partial charge is 0.316 e. The highest BCUT2D eigenvalue weighted by Crippen LogP contribution is 2.26. The standard InChI is InChI=1S/C12H24N2O2S/c1-10-8-13-7-6-12(10)14-17(15,16)9-11-4-2-3-5-11/h10-14H,2-9H2,1H3. The molecule has 2 rings (SSSR count). The molecule has 2 atom stereocenters. The van der Waals surface area contributed by atoms with Crippen molar-refractivity contribution in [2.45, 2.75) is 45.1 Å². The third-order valence-corrected chi connectivity index (χ3v) is 5.62. The van der Waals surface area contributed by atoms with Crippen LogP contribution >= 0.6 is 0 Å². The van der Waals surface area contributed by atoms with Crippen LogP contribution in [0.2, 0.25) is 0 Å². The fraction of sp³-hybridized carbons (Fsp3) is 1.00. The third kappa shape index (κ3) is 3.93. The van der Waals surface area contributed by atoms with Gasteiger partial charge in [-0.1, -0.05) is 19.8 Å². The van der Waals surface area contributed by atoms with E-state index in [-0.39, 0.29) is 6.04 Å².